The minimum atomic E-state index is -0.256. The van der Waals surface area contributed by atoms with Gasteiger partial charge in [0.1, 0.15) is 0 Å². The number of carbonyl (C=O) groups excluding carboxylic acids is 1. The number of benzene rings is 1. The second-order valence-electron chi connectivity index (χ2n) is 3.66. The lowest BCUT2D eigenvalue weighted by Gasteiger charge is -2.08. The second-order valence-corrected chi connectivity index (χ2v) is 3.66. The number of ether oxygens (including phenoxy) is 1. The van der Waals surface area contributed by atoms with E-state index >= 15 is 0 Å². The molecule has 0 bridgehead atoms. The smallest absolute Gasteiger partial charge is 0.334 e. The van der Waals surface area contributed by atoms with Crippen molar-refractivity contribution in [1.82, 2.24) is 0 Å². The zero-order valence-corrected chi connectivity index (χ0v) is 9.36. The van der Waals surface area contributed by atoms with Crippen molar-refractivity contribution < 1.29 is 9.53 Å². The maximum Gasteiger partial charge on any atom is 0.334 e. The topological polar surface area (TPSA) is 26.3 Å². The Morgan fingerprint density at radius 2 is 1.87 bits per heavy atom. The van der Waals surface area contributed by atoms with Gasteiger partial charge in [0.2, 0.25) is 0 Å². The maximum absolute atomic E-state index is 11.5. The van der Waals surface area contributed by atoms with Crippen molar-refractivity contribution in [3.8, 4) is 0 Å². The van der Waals surface area contributed by atoms with Crippen LogP contribution in [0, 0.1) is 5.92 Å². The molecule has 0 saturated heterocycles. The third kappa shape index (κ3) is 3.24. The van der Waals surface area contributed by atoms with Crippen molar-refractivity contribution >= 4 is 12.0 Å². The number of esters is 1. The molecular formula is C13H16O2. The van der Waals surface area contributed by atoms with Gasteiger partial charge >= 0.3 is 5.97 Å². The van der Waals surface area contributed by atoms with E-state index in [1.54, 1.807) is 0 Å². The molecule has 0 fully saturated rings. The standard InChI is InChI=1S/C13H16O2/c1-10(2)12(13(14)15-3)9-11-7-5-4-6-8-11/h4-10H,1-3H3/b12-9-. The third-order valence-electron chi connectivity index (χ3n) is 2.16. The van der Waals surface area contributed by atoms with Crippen LogP contribution in [0.2, 0.25) is 0 Å². The van der Waals surface area contributed by atoms with Crippen LogP contribution in [0.5, 0.6) is 0 Å². The van der Waals surface area contributed by atoms with Crippen molar-refractivity contribution in [2.45, 2.75) is 13.8 Å². The molecule has 0 amide bonds. The molecule has 2 nitrogen and oxygen atoms in total. The van der Waals surface area contributed by atoms with E-state index < -0.39 is 0 Å². The predicted octanol–water partition coefficient (Wildman–Crippen LogP) is 2.90. The molecule has 0 aliphatic heterocycles. The Balaban J connectivity index is 3.00. The highest BCUT2D eigenvalue weighted by atomic mass is 16.5. The van der Waals surface area contributed by atoms with Gasteiger partial charge in [-0.25, -0.2) is 4.79 Å². The van der Waals surface area contributed by atoms with Crippen LogP contribution in [0.1, 0.15) is 19.4 Å². The van der Waals surface area contributed by atoms with Gasteiger partial charge in [0.25, 0.3) is 0 Å². The Bertz CT molecular complexity index is 350. The monoisotopic (exact) mass is 204 g/mol. The van der Waals surface area contributed by atoms with Crippen LogP contribution >= 0.6 is 0 Å². The molecule has 1 rings (SSSR count). The summed E-state index contributed by atoms with van der Waals surface area (Å²) in [7, 11) is 1.41. The van der Waals surface area contributed by atoms with E-state index in [2.05, 4.69) is 0 Å². The van der Waals surface area contributed by atoms with Gasteiger partial charge in [0.05, 0.1) is 7.11 Å². The van der Waals surface area contributed by atoms with Crippen molar-refractivity contribution in [3.05, 3.63) is 41.5 Å². The lowest BCUT2D eigenvalue weighted by atomic mass is 10.0. The summed E-state index contributed by atoms with van der Waals surface area (Å²) in [5.41, 5.74) is 1.72. The molecule has 0 heterocycles. The molecule has 0 aromatic heterocycles. The van der Waals surface area contributed by atoms with Gasteiger partial charge in [0, 0.05) is 5.57 Å². The van der Waals surface area contributed by atoms with Crippen LogP contribution in [-0.2, 0) is 9.53 Å². The summed E-state index contributed by atoms with van der Waals surface area (Å²) in [6, 6.07) is 9.77. The number of rotatable bonds is 3. The number of carbonyl (C=O) groups is 1. The van der Waals surface area contributed by atoms with Crippen molar-refractivity contribution in [1.29, 1.82) is 0 Å². The molecule has 2 heteroatoms. The van der Waals surface area contributed by atoms with E-state index in [0.29, 0.717) is 5.57 Å². The predicted molar refractivity (Wildman–Crippen MR) is 61.3 cm³/mol. The van der Waals surface area contributed by atoms with E-state index in [9.17, 15) is 4.79 Å². The average molecular weight is 204 g/mol. The molecule has 15 heavy (non-hydrogen) atoms. The summed E-state index contributed by atoms with van der Waals surface area (Å²) in [6.07, 6.45) is 1.87. The first kappa shape index (κ1) is 11.5. The van der Waals surface area contributed by atoms with Crippen LogP contribution in [0.3, 0.4) is 0 Å². The quantitative estimate of drug-likeness (QED) is 0.559. The van der Waals surface area contributed by atoms with E-state index in [4.69, 9.17) is 4.74 Å². The van der Waals surface area contributed by atoms with Crippen molar-refractivity contribution in [2.24, 2.45) is 5.92 Å². The summed E-state index contributed by atoms with van der Waals surface area (Å²) < 4.78 is 4.74. The van der Waals surface area contributed by atoms with E-state index in [0.717, 1.165) is 5.56 Å². The average Bonchev–Trinajstić information content (AvgIpc) is 2.26. The third-order valence-corrected chi connectivity index (χ3v) is 2.16. The first-order valence-corrected chi connectivity index (χ1v) is 5.00. The minimum Gasteiger partial charge on any atom is -0.466 e. The summed E-state index contributed by atoms with van der Waals surface area (Å²) in [6.45, 7) is 3.96. The van der Waals surface area contributed by atoms with Crippen LogP contribution in [0.25, 0.3) is 6.08 Å². The van der Waals surface area contributed by atoms with Crippen molar-refractivity contribution in [3.63, 3.8) is 0 Å². The van der Waals surface area contributed by atoms with Crippen LogP contribution in [0.15, 0.2) is 35.9 Å². The number of methoxy groups -OCH3 is 1. The fourth-order valence-corrected chi connectivity index (χ4v) is 1.31. The molecule has 0 N–H and O–H groups in total. The summed E-state index contributed by atoms with van der Waals surface area (Å²) in [5, 5.41) is 0. The summed E-state index contributed by atoms with van der Waals surface area (Å²) in [5.74, 6) is -0.0912. The van der Waals surface area contributed by atoms with Gasteiger partial charge in [-0.1, -0.05) is 44.2 Å². The SMILES string of the molecule is COC(=O)/C(=C\c1ccccc1)C(C)C. The fraction of sp³-hybridized carbons (Fsp3) is 0.308. The van der Waals surface area contributed by atoms with Crippen LogP contribution < -0.4 is 0 Å². The van der Waals surface area contributed by atoms with Gasteiger partial charge < -0.3 is 4.74 Å². The van der Waals surface area contributed by atoms with Crippen LogP contribution in [0.4, 0.5) is 0 Å². The molecule has 80 valence electrons. The molecule has 0 spiro atoms. The lowest BCUT2D eigenvalue weighted by molar-refractivity contribution is -0.136. The van der Waals surface area contributed by atoms with Gasteiger partial charge in [-0.05, 0) is 17.6 Å². The lowest BCUT2D eigenvalue weighted by Crippen LogP contribution is -2.09. The molecule has 0 saturated carbocycles. The Labute approximate surface area is 90.6 Å². The maximum atomic E-state index is 11.5. The van der Waals surface area contributed by atoms with Crippen LogP contribution in [-0.4, -0.2) is 13.1 Å². The first-order chi connectivity index (χ1) is 7.15. The Hall–Kier alpha value is -1.57. The number of hydrogen-bond donors (Lipinski definition) is 0. The van der Waals surface area contributed by atoms with Gasteiger partial charge in [-0.3, -0.25) is 0 Å². The molecule has 1 aromatic carbocycles. The van der Waals surface area contributed by atoms with Crippen molar-refractivity contribution in [2.75, 3.05) is 7.11 Å². The molecule has 0 aliphatic carbocycles. The number of hydrogen-bond acceptors (Lipinski definition) is 2. The minimum absolute atomic E-state index is 0.164. The first-order valence-electron chi connectivity index (χ1n) is 5.00. The van der Waals surface area contributed by atoms with Gasteiger partial charge in [0.15, 0.2) is 0 Å². The van der Waals surface area contributed by atoms with E-state index in [1.807, 2.05) is 50.3 Å². The molecular weight excluding hydrogens is 188 g/mol. The fourth-order valence-electron chi connectivity index (χ4n) is 1.31. The molecule has 0 unspecified atom stereocenters. The van der Waals surface area contributed by atoms with E-state index in [1.165, 1.54) is 7.11 Å². The summed E-state index contributed by atoms with van der Waals surface area (Å²) in [4.78, 5) is 11.5. The summed E-state index contributed by atoms with van der Waals surface area (Å²) >= 11 is 0. The van der Waals surface area contributed by atoms with E-state index in [-0.39, 0.29) is 11.9 Å². The largest absolute Gasteiger partial charge is 0.466 e. The normalized spacial score (nSPS) is 11.6. The Kier molecular flexibility index (Phi) is 4.10. The highest BCUT2D eigenvalue weighted by Crippen LogP contribution is 2.15. The highest BCUT2D eigenvalue weighted by molar-refractivity contribution is 5.94. The molecule has 0 aliphatic rings. The Morgan fingerprint density at radius 1 is 1.27 bits per heavy atom. The Morgan fingerprint density at radius 3 is 2.33 bits per heavy atom. The second kappa shape index (κ2) is 5.35. The van der Waals surface area contributed by atoms with Gasteiger partial charge in [-0.15, -0.1) is 0 Å². The molecule has 0 atom stereocenters. The highest BCUT2D eigenvalue weighted by Gasteiger charge is 2.13. The molecule has 0 radical (unpaired) electrons. The zero-order chi connectivity index (χ0) is 11.3. The molecule has 1 aromatic rings. The zero-order valence-electron chi connectivity index (χ0n) is 9.36. The van der Waals surface area contributed by atoms with Gasteiger partial charge in [-0.2, -0.15) is 0 Å².